The summed E-state index contributed by atoms with van der Waals surface area (Å²) in [5, 5.41) is 8.16. The lowest BCUT2D eigenvalue weighted by Gasteiger charge is -2.18. The minimum absolute atomic E-state index is 0.350. The Kier molecular flexibility index (Phi) is 4.06. The van der Waals surface area contributed by atoms with Gasteiger partial charge in [0.25, 0.3) is 11.1 Å². The first kappa shape index (κ1) is 13.1. The summed E-state index contributed by atoms with van der Waals surface area (Å²) >= 11 is 0.853. The van der Waals surface area contributed by atoms with Crippen molar-refractivity contribution in [1.82, 2.24) is 4.90 Å². The maximum atomic E-state index is 11.9. The van der Waals surface area contributed by atoms with Gasteiger partial charge in [-0.15, -0.1) is 0 Å². The average Bonchev–Trinajstić information content (AvgIpc) is 2.58. The highest BCUT2D eigenvalue weighted by Gasteiger charge is 2.36. The number of carboxylic acid groups (broad SMARTS) is 1. The van der Waals surface area contributed by atoms with Crippen LogP contribution in [0.1, 0.15) is 32.1 Å². The Balaban J connectivity index is 2.06. The van der Waals surface area contributed by atoms with Crippen LogP contribution < -0.4 is 0 Å². The largest absolute Gasteiger partial charge is 0.480 e. The van der Waals surface area contributed by atoms with Gasteiger partial charge in [-0.05, 0) is 30.5 Å². The first-order valence-electron chi connectivity index (χ1n) is 6.05. The summed E-state index contributed by atoms with van der Waals surface area (Å²) in [5.74, 6) is -1.28. The van der Waals surface area contributed by atoms with Crippen LogP contribution in [0, 0.1) is 5.92 Å². The van der Waals surface area contributed by atoms with E-state index in [1.807, 2.05) is 6.08 Å². The summed E-state index contributed by atoms with van der Waals surface area (Å²) in [4.78, 5) is 35.2. The van der Waals surface area contributed by atoms with E-state index in [0.29, 0.717) is 10.8 Å². The Morgan fingerprint density at radius 2 is 2.00 bits per heavy atom. The highest BCUT2D eigenvalue weighted by molar-refractivity contribution is 8.18. The monoisotopic (exact) mass is 269 g/mol. The summed E-state index contributed by atoms with van der Waals surface area (Å²) in [6.07, 6.45) is 7.48. The first-order valence-corrected chi connectivity index (χ1v) is 6.87. The number of hydrogen-bond donors (Lipinski definition) is 1. The molecule has 0 spiro atoms. The molecular weight excluding hydrogens is 254 g/mol. The minimum Gasteiger partial charge on any atom is -0.480 e. The predicted octanol–water partition coefficient (Wildman–Crippen LogP) is 2.23. The van der Waals surface area contributed by atoms with E-state index >= 15 is 0 Å². The van der Waals surface area contributed by atoms with Crippen LogP contribution in [-0.2, 0) is 9.59 Å². The lowest BCUT2D eigenvalue weighted by molar-refractivity contribution is -0.140. The van der Waals surface area contributed by atoms with Crippen LogP contribution in [0.3, 0.4) is 0 Å². The lowest BCUT2D eigenvalue weighted by Crippen LogP contribution is -2.33. The van der Waals surface area contributed by atoms with Crippen molar-refractivity contribution < 1.29 is 19.5 Å². The summed E-state index contributed by atoms with van der Waals surface area (Å²) in [6, 6.07) is 0. The summed E-state index contributed by atoms with van der Waals surface area (Å²) in [7, 11) is 0. The van der Waals surface area contributed by atoms with Crippen molar-refractivity contribution in [3.8, 4) is 0 Å². The third-order valence-electron chi connectivity index (χ3n) is 3.20. The molecule has 98 valence electrons. The molecule has 6 heteroatoms. The number of rotatable bonds is 3. The predicted molar refractivity (Wildman–Crippen MR) is 67.0 cm³/mol. The highest BCUT2D eigenvalue weighted by Crippen LogP contribution is 2.34. The molecule has 0 atom stereocenters. The Morgan fingerprint density at radius 3 is 2.61 bits per heavy atom. The molecule has 1 aliphatic carbocycles. The van der Waals surface area contributed by atoms with Crippen LogP contribution in [0.5, 0.6) is 0 Å². The molecule has 0 radical (unpaired) electrons. The summed E-state index contributed by atoms with van der Waals surface area (Å²) < 4.78 is 0. The molecule has 2 aliphatic rings. The molecule has 18 heavy (non-hydrogen) atoms. The normalized spacial score (nSPS) is 24.0. The van der Waals surface area contributed by atoms with Crippen molar-refractivity contribution in [2.45, 2.75) is 32.1 Å². The van der Waals surface area contributed by atoms with Gasteiger partial charge in [-0.2, -0.15) is 0 Å². The maximum Gasteiger partial charge on any atom is 0.323 e. The first-order chi connectivity index (χ1) is 8.58. The van der Waals surface area contributed by atoms with Crippen LogP contribution in [0.2, 0.25) is 0 Å². The second kappa shape index (κ2) is 5.56. The molecule has 0 aromatic heterocycles. The molecule has 1 saturated carbocycles. The fourth-order valence-electron chi connectivity index (χ4n) is 2.30. The van der Waals surface area contributed by atoms with E-state index in [-0.39, 0.29) is 0 Å². The fraction of sp³-hybridized carbons (Fsp3) is 0.583. The zero-order chi connectivity index (χ0) is 13.1. The van der Waals surface area contributed by atoms with E-state index in [4.69, 9.17) is 5.11 Å². The standard InChI is InChI=1S/C12H15NO4S/c14-10(15)7-13-11(16)9(18-12(13)17)6-8-4-2-1-3-5-8/h6,8H,1-5,7H2,(H,14,15)/b9-6-. The maximum absolute atomic E-state index is 11.9. The smallest absolute Gasteiger partial charge is 0.323 e. The van der Waals surface area contributed by atoms with Crippen molar-refractivity contribution >= 4 is 28.9 Å². The molecule has 2 rings (SSSR count). The number of carboxylic acids is 1. The van der Waals surface area contributed by atoms with Gasteiger partial charge >= 0.3 is 5.97 Å². The van der Waals surface area contributed by atoms with Gasteiger partial charge in [0.15, 0.2) is 0 Å². The molecule has 0 aromatic carbocycles. The fourth-order valence-corrected chi connectivity index (χ4v) is 3.20. The second-order valence-electron chi connectivity index (χ2n) is 4.58. The van der Waals surface area contributed by atoms with Crippen LogP contribution in [0.15, 0.2) is 11.0 Å². The molecule has 1 aliphatic heterocycles. The number of thioether (sulfide) groups is 1. The Morgan fingerprint density at radius 1 is 1.33 bits per heavy atom. The van der Waals surface area contributed by atoms with Gasteiger partial charge in [0.2, 0.25) is 0 Å². The van der Waals surface area contributed by atoms with Crippen LogP contribution >= 0.6 is 11.8 Å². The van der Waals surface area contributed by atoms with E-state index in [2.05, 4.69) is 0 Å². The average molecular weight is 269 g/mol. The number of carbonyl (C=O) groups is 3. The third kappa shape index (κ3) is 2.93. The van der Waals surface area contributed by atoms with Gasteiger partial charge in [-0.3, -0.25) is 19.3 Å². The van der Waals surface area contributed by atoms with E-state index < -0.39 is 23.7 Å². The molecule has 0 aromatic rings. The molecule has 0 bridgehead atoms. The Hall–Kier alpha value is -1.30. The van der Waals surface area contributed by atoms with Crippen LogP contribution in [-0.4, -0.2) is 33.7 Å². The van der Waals surface area contributed by atoms with Gasteiger partial charge in [0.1, 0.15) is 6.54 Å². The number of amides is 2. The molecule has 5 nitrogen and oxygen atoms in total. The molecule has 0 unspecified atom stereocenters. The van der Waals surface area contributed by atoms with Crippen molar-refractivity contribution in [1.29, 1.82) is 0 Å². The van der Waals surface area contributed by atoms with Gasteiger partial charge in [0.05, 0.1) is 4.91 Å². The zero-order valence-electron chi connectivity index (χ0n) is 9.92. The third-order valence-corrected chi connectivity index (χ3v) is 4.13. The van der Waals surface area contributed by atoms with Crippen LogP contribution in [0.4, 0.5) is 4.79 Å². The number of carbonyl (C=O) groups excluding carboxylic acids is 2. The number of aliphatic carboxylic acids is 1. The van der Waals surface area contributed by atoms with Gasteiger partial charge in [0, 0.05) is 0 Å². The second-order valence-corrected chi connectivity index (χ2v) is 5.58. The van der Waals surface area contributed by atoms with Crippen LogP contribution in [0.25, 0.3) is 0 Å². The molecule has 2 fully saturated rings. The van der Waals surface area contributed by atoms with Crippen molar-refractivity contribution in [2.75, 3.05) is 6.54 Å². The Labute approximate surface area is 109 Å². The number of allylic oxidation sites excluding steroid dienone is 1. The molecule has 1 heterocycles. The number of nitrogens with zero attached hydrogens (tertiary/aromatic N) is 1. The van der Waals surface area contributed by atoms with Gasteiger partial charge in [-0.1, -0.05) is 25.3 Å². The van der Waals surface area contributed by atoms with Crippen molar-refractivity contribution in [3.05, 3.63) is 11.0 Å². The summed E-state index contributed by atoms with van der Waals surface area (Å²) in [6.45, 7) is -0.549. The number of imide groups is 1. The quantitative estimate of drug-likeness (QED) is 0.795. The zero-order valence-corrected chi connectivity index (χ0v) is 10.7. The molecular formula is C12H15NO4S. The van der Waals surface area contributed by atoms with Crippen molar-refractivity contribution in [2.24, 2.45) is 5.92 Å². The topological polar surface area (TPSA) is 74.7 Å². The molecule has 1 saturated heterocycles. The number of hydrogen-bond acceptors (Lipinski definition) is 4. The summed E-state index contributed by atoms with van der Waals surface area (Å²) in [5.41, 5.74) is 0. The SMILES string of the molecule is O=C(O)CN1C(=O)S/C(=C\C2CCCCC2)C1=O. The van der Waals surface area contributed by atoms with E-state index in [0.717, 1.165) is 42.3 Å². The van der Waals surface area contributed by atoms with Gasteiger partial charge < -0.3 is 5.11 Å². The van der Waals surface area contributed by atoms with Gasteiger partial charge in [-0.25, -0.2) is 0 Å². The van der Waals surface area contributed by atoms with E-state index in [1.54, 1.807) is 0 Å². The van der Waals surface area contributed by atoms with E-state index in [1.165, 1.54) is 6.42 Å². The molecule has 1 N–H and O–H groups in total. The van der Waals surface area contributed by atoms with Crippen molar-refractivity contribution in [3.63, 3.8) is 0 Å². The highest BCUT2D eigenvalue weighted by atomic mass is 32.2. The minimum atomic E-state index is -1.17. The lowest BCUT2D eigenvalue weighted by atomic mass is 9.89. The molecule has 2 amide bonds. The van der Waals surface area contributed by atoms with E-state index in [9.17, 15) is 14.4 Å². The Bertz CT molecular complexity index is 412.